The lowest BCUT2D eigenvalue weighted by molar-refractivity contribution is -0.384. The molecule has 2 unspecified atom stereocenters. The summed E-state index contributed by atoms with van der Waals surface area (Å²) in [5, 5.41) is 14.0. The van der Waals surface area contributed by atoms with Crippen molar-refractivity contribution in [3.8, 4) is 0 Å². The Bertz CT molecular complexity index is 865. The van der Waals surface area contributed by atoms with Crippen LogP contribution in [0.3, 0.4) is 0 Å². The van der Waals surface area contributed by atoms with Crippen LogP contribution in [0.15, 0.2) is 48.5 Å². The molecule has 6 nitrogen and oxygen atoms in total. The van der Waals surface area contributed by atoms with Gasteiger partial charge in [0.1, 0.15) is 0 Å². The van der Waals surface area contributed by atoms with Gasteiger partial charge in [0, 0.05) is 42.4 Å². The molecule has 2 atom stereocenters. The molecule has 2 aliphatic heterocycles. The second-order valence-electron chi connectivity index (χ2n) is 8.34. The smallest absolute Gasteiger partial charge is 0.269 e. The van der Waals surface area contributed by atoms with E-state index in [-0.39, 0.29) is 17.6 Å². The number of aryl methyl sites for hydroxylation is 1. The molecule has 152 valence electrons. The Labute approximate surface area is 171 Å². The van der Waals surface area contributed by atoms with Crippen LogP contribution in [0.1, 0.15) is 53.6 Å². The van der Waals surface area contributed by atoms with Crippen LogP contribution >= 0.6 is 0 Å². The van der Waals surface area contributed by atoms with E-state index in [1.54, 1.807) is 0 Å². The van der Waals surface area contributed by atoms with Gasteiger partial charge in [0.15, 0.2) is 0 Å². The third kappa shape index (κ3) is 4.48. The molecule has 0 aliphatic carbocycles. The second-order valence-corrected chi connectivity index (χ2v) is 8.34. The molecule has 2 aliphatic rings. The number of nitrogens with one attached hydrogen (secondary N) is 1. The Morgan fingerprint density at radius 2 is 1.69 bits per heavy atom. The van der Waals surface area contributed by atoms with Crippen LogP contribution in [-0.4, -0.2) is 33.9 Å². The number of nitro groups is 1. The lowest BCUT2D eigenvalue weighted by atomic mass is 9.81. The largest absolute Gasteiger partial charge is 0.349 e. The van der Waals surface area contributed by atoms with Crippen molar-refractivity contribution in [2.75, 3.05) is 0 Å². The summed E-state index contributed by atoms with van der Waals surface area (Å²) < 4.78 is 0. The van der Waals surface area contributed by atoms with Crippen LogP contribution in [0.4, 0.5) is 5.69 Å². The van der Waals surface area contributed by atoms with Crippen molar-refractivity contribution in [1.29, 1.82) is 0 Å². The summed E-state index contributed by atoms with van der Waals surface area (Å²) in [6.07, 6.45) is 5.52. The Morgan fingerprint density at radius 1 is 1.07 bits per heavy atom. The van der Waals surface area contributed by atoms with E-state index in [1.807, 2.05) is 0 Å². The fourth-order valence-corrected chi connectivity index (χ4v) is 4.76. The SMILES string of the molecule is Cc1ccc(CN2C3CCCC2CC(NC(=O)c2ccc([N+](=O)[O-])cc2)C3)cc1. The van der Waals surface area contributed by atoms with Crippen molar-refractivity contribution in [1.82, 2.24) is 10.2 Å². The van der Waals surface area contributed by atoms with Crippen LogP contribution in [-0.2, 0) is 6.54 Å². The number of nitrogens with zero attached hydrogens (tertiary/aromatic N) is 2. The van der Waals surface area contributed by atoms with Crippen LogP contribution in [0, 0.1) is 17.0 Å². The number of carbonyl (C=O) groups is 1. The topological polar surface area (TPSA) is 75.5 Å². The maximum Gasteiger partial charge on any atom is 0.269 e. The van der Waals surface area contributed by atoms with Crippen molar-refractivity contribution in [3.05, 3.63) is 75.3 Å². The summed E-state index contributed by atoms with van der Waals surface area (Å²) in [6.45, 7) is 3.08. The van der Waals surface area contributed by atoms with Gasteiger partial charge in [-0.3, -0.25) is 19.8 Å². The summed E-state index contributed by atoms with van der Waals surface area (Å²) >= 11 is 0. The lowest BCUT2D eigenvalue weighted by Crippen LogP contribution is -2.56. The van der Waals surface area contributed by atoms with Crippen LogP contribution in [0.25, 0.3) is 0 Å². The van der Waals surface area contributed by atoms with Gasteiger partial charge in [-0.2, -0.15) is 0 Å². The summed E-state index contributed by atoms with van der Waals surface area (Å²) in [7, 11) is 0. The van der Waals surface area contributed by atoms with E-state index >= 15 is 0 Å². The molecule has 2 aromatic rings. The van der Waals surface area contributed by atoms with Gasteiger partial charge < -0.3 is 5.32 Å². The molecule has 2 heterocycles. The zero-order valence-corrected chi connectivity index (χ0v) is 16.7. The van der Waals surface area contributed by atoms with Gasteiger partial charge in [-0.25, -0.2) is 0 Å². The van der Waals surface area contributed by atoms with E-state index < -0.39 is 4.92 Å². The molecule has 29 heavy (non-hydrogen) atoms. The van der Waals surface area contributed by atoms with Crippen molar-refractivity contribution >= 4 is 11.6 Å². The molecule has 6 heteroatoms. The molecule has 0 spiro atoms. The number of benzene rings is 2. The quantitative estimate of drug-likeness (QED) is 0.610. The Kier molecular flexibility index (Phi) is 5.62. The number of piperidine rings is 2. The number of nitro benzene ring substituents is 1. The standard InChI is InChI=1S/C23H27N3O3/c1-16-5-7-17(8-6-16)15-25-21-3-2-4-22(25)14-19(13-21)24-23(27)18-9-11-20(12-10-18)26(28)29/h5-12,19,21-22H,2-4,13-15H2,1H3,(H,24,27). The van der Waals surface area contributed by atoms with Gasteiger partial charge in [-0.15, -0.1) is 0 Å². The zero-order chi connectivity index (χ0) is 20.4. The first-order valence-corrected chi connectivity index (χ1v) is 10.4. The average molecular weight is 393 g/mol. The Balaban J connectivity index is 1.39. The summed E-state index contributed by atoms with van der Waals surface area (Å²) in [5.41, 5.74) is 3.10. The van der Waals surface area contributed by atoms with Crippen LogP contribution in [0.5, 0.6) is 0 Å². The number of hydrogen-bond donors (Lipinski definition) is 1. The van der Waals surface area contributed by atoms with E-state index in [4.69, 9.17) is 0 Å². The predicted octanol–water partition coefficient (Wildman–Crippen LogP) is 4.22. The maximum absolute atomic E-state index is 12.6. The highest BCUT2D eigenvalue weighted by Crippen LogP contribution is 2.35. The minimum absolute atomic E-state index is 0.000459. The normalized spacial score (nSPS) is 24.1. The third-order valence-electron chi connectivity index (χ3n) is 6.29. The highest BCUT2D eigenvalue weighted by molar-refractivity contribution is 5.94. The first kappa shape index (κ1) is 19.6. The van der Waals surface area contributed by atoms with Gasteiger partial charge in [0.2, 0.25) is 0 Å². The fraction of sp³-hybridized carbons (Fsp3) is 0.435. The molecule has 2 bridgehead atoms. The molecule has 2 aromatic carbocycles. The van der Waals surface area contributed by atoms with Crippen LogP contribution < -0.4 is 5.32 Å². The number of non-ortho nitro benzene ring substituents is 1. The van der Waals surface area contributed by atoms with Gasteiger partial charge in [0.05, 0.1) is 4.92 Å². The lowest BCUT2D eigenvalue weighted by Gasteiger charge is -2.49. The average Bonchev–Trinajstić information content (AvgIpc) is 2.70. The number of carbonyl (C=O) groups excluding carboxylic acids is 1. The van der Waals surface area contributed by atoms with Gasteiger partial charge in [0.25, 0.3) is 11.6 Å². The molecule has 1 amide bonds. The number of fused-ring (bicyclic) bond motifs is 2. The minimum Gasteiger partial charge on any atom is -0.349 e. The summed E-state index contributed by atoms with van der Waals surface area (Å²) in [4.78, 5) is 25.6. The van der Waals surface area contributed by atoms with E-state index in [0.717, 1.165) is 19.4 Å². The Hall–Kier alpha value is -2.73. The number of rotatable bonds is 5. The molecule has 1 N–H and O–H groups in total. The van der Waals surface area contributed by atoms with E-state index in [0.29, 0.717) is 17.6 Å². The van der Waals surface area contributed by atoms with Crippen molar-refractivity contribution in [2.24, 2.45) is 0 Å². The van der Waals surface area contributed by atoms with Crippen LogP contribution in [0.2, 0.25) is 0 Å². The molecular formula is C23H27N3O3. The molecule has 0 radical (unpaired) electrons. The number of hydrogen-bond acceptors (Lipinski definition) is 4. The molecular weight excluding hydrogens is 366 g/mol. The second kappa shape index (κ2) is 8.33. The molecule has 0 saturated carbocycles. The zero-order valence-electron chi connectivity index (χ0n) is 16.7. The monoisotopic (exact) mass is 393 g/mol. The highest BCUT2D eigenvalue weighted by atomic mass is 16.6. The van der Waals surface area contributed by atoms with Crippen molar-refractivity contribution < 1.29 is 9.72 Å². The minimum atomic E-state index is -0.452. The first-order valence-electron chi connectivity index (χ1n) is 10.4. The predicted molar refractivity (Wildman–Crippen MR) is 112 cm³/mol. The highest BCUT2D eigenvalue weighted by Gasteiger charge is 2.38. The van der Waals surface area contributed by atoms with E-state index in [2.05, 4.69) is 41.4 Å². The van der Waals surface area contributed by atoms with E-state index in [1.165, 1.54) is 54.7 Å². The van der Waals surface area contributed by atoms with Gasteiger partial charge >= 0.3 is 0 Å². The molecule has 2 saturated heterocycles. The van der Waals surface area contributed by atoms with Crippen molar-refractivity contribution in [3.63, 3.8) is 0 Å². The van der Waals surface area contributed by atoms with Gasteiger partial charge in [-0.1, -0.05) is 36.2 Å². The van der Waals surface area contributed by atoms with Gasteiger partial charge in [-0.05, 0) is 50.3 Å². The molecule has 0 aromatic heterocycles. The summed E-state index contributed by atoms with van der Waals surface area (Å²) in [6, 6.07) is 15.7. The Morgan fingerprint density at radius 3 is 2.28 bits per heavy atom. The molecule has 4 rings (SSSR count). The van der Waals surface area contributed by atoms with E-state index in [9.17, 15) is 14.9 Å². The first-order chi connectivity index (χ1) is 14.0. The summed E-state index contributed by atoms with van der Waals surface area (Å²) in [5.74, 6) is -0.144. The third-order valence-corrected chi connectivity index (χ3v) is 6.29. The fourth-order valence-electron chi connectivity index (χ4n) is 4.76. The molecule has 2 fully saturated rings. The number of amides is 1. The maximum atomic E-state index is 12.6. The van der Waals surface area contributed by atoms with Crippen molar-refractivity contribution in [2.45, 2.75) is 63.7 Å².